The average Bonchev–Trinajstić information content (AvgIpc) is 2.84. The second-order valence-corrected chi connectivity index (χ2v) is 9.57. The number of carbonyl (C=O) groups excluding carboxylic acids is 1. The zero-order chi connectivity index (χ0) is 17.3. The Hall–Kier alpha value is -0.900. The van der Waals surface area contributed by atoms with Gasteiger partial charge in [-0.15, -0.1) is 0 Å². The minimum absolute atomic E-state index is 0.0157. The Balaban J connectivity index is 1.68. The van der Waals surface area contributed by atoms with Gasteiger partial charge in [-0.25, -0.2) is 0 Å². The quantitative estimate of drug-likeness (QED) is 0.772. The van der Waals surface area contributed by atoms with E-state index in [9.17, 15) is 19.8 Å². The topological polar surface area (TPSA) is 74.6 Å². The van der Waals surface area contributed by atoms with E-state index in [1.165, 1.54) is 0 Å². The molecule has 0 aliphatic heterocycles. The van der Waals surface area contributed by atoms with Crippen LogP contribution in [0.15, 0.2) is 0 Å². The highest BCUT2D eigenvalue weighted by Gasteiger charge is 2.64. The van der Waals surface area contributed by atoms with E-state index in [0.29, 0.717) is 30.0 Å². The molecular formula is C20H30O4. The molecule has 0 saturated heterocycles. The molecule has 4 heteroatoms. The molecule has 2 N–H and O–H groups in total. The molecule has 4 nitrogen and oxygen atoms in total. The first-order valence-corrected chi connectivity index (χ1v) is 9.71. The van der Waals surface area contributed by atoms with Gasteiger partial charge in [0.2, 0.25) is 0 Å². The molecule has 0 spiro atoms. The van der Waals surface area contributed by atoms with Crippen LogP contribution in [0.1, 0.15) is 65.2 Å². The van der Waals surface area contributed by atoms with Crippen LogP contribution in [0.2, 0.25) is 0 Å². The standard InChI is InChI=1S/C20H30O4/c1-19-8-7-12(21)9-11(19)3-4-13-14-5-6-15(18(23)24)20(14,2)10-16(22)17(13)19/h11-15,17,21H,3-10H2,1-2H3,(H,23,24)/t11-,12-,13+,14+,15-,17-,19+,20+/m1/s1. The van der Waals surface area contributed by atoms with Crippen molar-refractivity contribution in [3.05, 3.63) is 0 Å². The lowest BCUT2D eigenvalue weighted by atomic mass is 9.44. The van der Waals surface area contributed by atoms with E-state index in [1.54, 1.807) is 0 Å². The van der Waals surface area contributed by atoms with Crippen LogP contribution in [0.3, 0.4) is 0 Å². The Kier molecular flexibility index (Phi) is 3.66. The molecule has 0 radical (unpaired) electrons. The van der Waals surface area contributed by atoms with Crippen LogP contribution >= 0.6 is 0 Å². The van der Waals surface area contributed by atoms with E-state index in [4.69, 9.17) is 0 Å². The van der Waals surface area contributed by atoms with Crippen molar-refractivity contribution in [3.63, 3.8) is 0 Å². The van der Waals surface area contributed by atoms with Gasteiger partial charge in [-0.3, -0.25) is 9.59 Å². The van der Waals surface area contributed by atoms with Gasteiger partial charge < -0.3 is 10.2 Å². The number of Topliss-reactive ketones (excluding diaryl/α,β-unsaturated/α-hetero) is 1. The lowest BCUT2D eigenvalue weighted by molar-refractivity contribution is -0.165. The molecule has 4 aliphatic rings. The first kappa shape index (κ1) is 16.6. The summed E-state index contributed by atoms with van der Waals surface area (Å²) in [7, 11) is 0. The number of hydrogen-bond donors (Lipinski definition) is 2. The van der Waals surface area contributed by atoms with Gasteiger partial charge in [-0.2, -0.15) is 0 Å². The summed E-state index contributed by atoms with van der Waals surface area (Å²) >= 11 is 0. The SMILES string of the molecule is C[C@]12CC[C@@H](O)C[C@H]1CC[C@H]1[C@@H]3CC[C@H](C(=O)O)[C@@]3(C)CC(=O)[C@@H]12. The van der Waals surface area contributed by atoms with Gasteiger partial charge in [-0.1, -0.05) is 13.8 Å². The Morgan fingerprint density at radius 2 is 1.83 bits per heavy atom. The predicted octanol–water partition coefficient (Wildman–Crippen LogP) is 3.27. The van der Waals surface area contributed by atoms with Crippen molar-refractivity contribution in [2.45, 2.75) is 71.3 Å². The van der Waals surface area contributed by atoms with Crippen molar-refractivity contribution in [1.29, 1.82) is 0 Å². The maximum atomic E-state index is 13.2. The number of fused-ring (bicyclic) bond motifs is 5. The molecule has 4 rings (SSSR count). The van der Waals surface area contributed by atoms with E-state index in [1.807, 2.05) is 0 Å². The van der Waals surface area contributed by atoms with Crippen LogP contribution in [0.4, 0.5) is 0 Å². The Morgan fingerprint density at radius 1 is 1.08 bits per heavy atom. The number of carboxylic acids is 1. The Labute approximate surface area is 144 Å². The number of aliphatic carboxylic acids is 1. The number of ketones is 1. The molecule has 0 aromatic rings. The molecule has 134 valence electrons. The zero-order valence-corrected chi connectivity index (χ0v) is 14.8. The number of rotatable bonds is 1. The molecule has 0 amide bonds. The summed E-state index contributed by atoms with van der Waals surface area (Å²) in [5.74, 6) is 0.526. The lowest BCUT2D eigenvalue weighted by Crippen LogP contribution is -2.58. The second kappa shape index (κ2) is 5.30. The molecule has 0 aromatic carbocycles. The molecule has 24 heavy (non-hydrogen) atoms. The van der Waals surface area contributed by atoms with Crippen LogP contribution in [0, 0.1) is 40.4 Å². The number of aliphatic hydroxyl groups excluding tert-OH is 1. The van der Waals surface area contributed by atoms with E-state index in [0.717, 1.165) is 44.9 Å². The van der Waals surface area contributed by atoms with Gasteiger partial charge in [0, 0.05) is 12.3 Å². The normalized spacial score (nSPS) is 53.9. The number of carboxylic acid groups (broad SMARTS) is 1. The fourth-order valence-electron chi connectivity index (χ4n) is 7.46. The highest BCUT2D eigenvalue weighted by molar-refractivity contribution is 5.85. The molecule has 4 aliphatic carbocycles. The van der Waals surface area contributed by atoms with Crippen molar-refractivity contribution in [1.82, 2.24) is 0 Å². The van der Waals surface area contributed by atoms with E-state index in [2.05, 4.69) is 13.8 Å². The third kappa shape index (κ3) is 2.07. The Morgan fingerprint density at radius 3 is 2.54 bits per heavy atom. The van der Waals surface area contributed by atoms with E-state index < -0.39 is 5.97 Å². The maximum Gasteiger partial charge on any atom is 0.307 e. The summed E-state index contributed by atoms with van der Waals surface area (Å²) in [5.41, 5.74) is -0.330. The minimum Gasteiger partial charge on any atom is -0.481 e. The van der Waals surface area contributed by atoms with Gasteiger partial charge >= 0.3 is 5.97 Å². The third-order valence-corrected chi connectivity index (χ3v) is 8.62. The molecule has 4 fully saturated rings. The van der Waals surface area contributed by atoms with Crippen LogP contribution in [-0.2, 0) is 9.59 Å². The van der Waals surface area contributed by atoms with Crippen molar-refractivity contribution in [2.24, 2.45) is 40.4 Å². The number of hydrogen-bond acceptors (Lipinski definition) is 3. The molecule has 4 saturated carbocycles. The van der Waals surface area contributed by atoms with E-state index >= 15 is 0 Å². The first-order chi connectivity index (χ1) is 11.3. The van der Waals surface area contributed by atoms with Crippen LogP contribution < -0.4 is 0 Å². The van der Waals surface area contributed by atoms with E-state index in [-0.39, 0.29) is 28.8 Å². The molecular weight excluding hydrogens is 304 g/mol. The summed E-state index contributed by atoms with van der Waals surface area (Å²) in [6.45, 7) is 4.35. The number of carbonyl (C=O) groups is 2. The predicted molar refractivity (Wildman–Crippen MR) is 89.2 cm³/mol. The summed E-state index contributed by atoms with van der Waals surface area (Å²) in [5, 5.41) is 19.7. The van der Waals surface area contributed by atoms with Crippen molar-refractivity contribution in [2.75, 3.05) is 0 Å². The zero-order valence-electron chi connectivity index (χ0n) is 14.8. The number of aliphatic hydroxyl groups is 1. The van der Waals surface area contributed by atoms with Crippen molar-refractivity contribution in [3.8, 4) is 0 Å². The van der Waals surface area contributed by atoms with Gasteiger partial charge in [0.1, 0.15) is 5.78 Å². The molecule has 0 heterocycles. The molecule has 0 bridgehead atoms. The monoisotopic (exact) mass is 334 g/mol. The highest BCUT2D eigenvalue weighted by Crippen LogP contribution is 2.66. The largest absolute Gasteiger partial charge is 0.481 e. The molecule has 0 unspecified atom stereocenters. The van der Waals surface area contributed by atoms with Gasteiger partial charge in [0.25, 0.3) is 0 Å². The maximum absolute atomic E-state index is 13.2. The molecule has 0 aromatic heterocycles. The second-order valence-electron chi connectivity index (χ2n) is 9.57. The smallest absolute Gasteiger partial charge is 0.307 e. The fourth-order valence-corrected chi connectivity index (χ4v) is 7.46. The average molecular weight is 334 g/mol. The summed E-state index contributed by atoms with van der Waals surface area (Å²) in [6, 6.07) is 0. The van der Waals surface area contributed by atoms with Gasteiger partial charge in [0.05, 0.1) is 12.0 Å². The highest BCUT2D eigenvalue weighted by atomic mass is 16.4. The van der Waals surface area contributed by atoms with Crippen LogP contribution in [0.5, 0.6) is 0 Å². The van der Waals surface area contributed by atoms with Crippen molar-refractivity contribution < 1.29 is 19.8 Å². The minimum atomic E-state index is -0.716. The van der Waals surface area contributed by atoms with Crippen molar-refractivity contribution >= 4 is 11.8 Å². The summed E-state index contributed by atoms with van der Waals surface area (Å²) in [4.78, 5) is 24.9. The fraction of sp³-hybridized carbons (Fsp3) is 0.900. The van der Waals surface area contributed by atoms with Crippen LogP contribution in [0.25, 0.3) is 0 Å². The lowest BCUT2D eigenvalue weighted by Gasteiger charge is -2.59. The molecule has 8 atom stereocenters. The summed E-state index contributed by atoms with van der Waals surface area (Å²) in [6.07, 6.45) is 6.65. The van der Waals surface area contributed by atoms with Gasteiger partial charge in [-0.05, 0) is 73.5 Å². The van der Waals surface area contributed by atoms with Crippen LogP contribution in [-0.4, -0.2) is 28.1 Å². The Bertz CT molecular complexity index is 572. The summed E-state index contributed by atoms with van der Waals surface area (Å²) < 4.78 is 0. The first-order valence-electron chi connectivity index (χ1n) is 9.71. The third-order valence-electron chi connectivity index (χ3n) is 8.62. The van der Waals surface area contributed by atoms with Gasteiger partial charge in [0.15, 0.2) is 0 Å².